The number of nitrogens with two attached hydrogens (primary N) is 1. The quantitative estimate of drug-likeness (QED) is 0.0699. The summed E-state index contributed by atoms with van der Waals surface area (Å²) in [6.07, 6.45) is 4.58. The van der Waals surface area contributed by atoms with Crippen LogP contribution in [0.5, 0.6) is 0 Å². The number of carbonyl (C=O) groups excluding carboxylic acids is 10. The maximum Gasteiger partial charge on any atom is 0.471 e. The van der Waals surface area contributed by atoms with Gasteiger partial charge >= 0.3 is 30.0 Å². The SMILES string of the molecule is CC(=O)N=C(N(C)C(C)=O)n1cc(C(F)(F)F)cn1.CC(=O)N=C(N(C)C(C)=O)n1cc([N+](=O)[O-])cn1.CC(=O)N=C(N(C)C(C)=O)n1cccn1.CC(=O)N=C(NC(C)=O)n1cccn1.CC(C)(C)OC(=O)N=C(NC(=O)C(F)(F)F)n1cccn1.CN=C(N)n1cccn1. The van der Waals surface area contributed by atoms with E-state index in [0.29, 0.717) is 18.4 Å². The molecule has 96 heavy (non-hydrogen) atoms. The fourth-order valence-electron chi connectivity index (χ4n) is 5.59. The van der Waals surface area contributed by atoms with Crippen molar-refractivity contribution in [3.8, 4) is 0 Å². The lowest BCUT2D eigenvalue weighted by Gasteiger charge is -2.18. The Kier molecular flexibility index (Phi) is 32.1. The van der Waals surface area contributed by atoms with Crippen LogP contribution in [0.4, 0.5) is 36.8 Å². The molecule has 4 N–H and O–H groups in total. The number of aromatic nitrogens is 12. The zero-order valence-corrected chi connectivity index (χ0v) is 53.7. The van der Waals surface area contributed by atoms with Crippen LogP contribution in [0.1, 0.15) is 81.7 Å². The first-order valence-corrected chi connectivity index (χ1v) is 26.5. The second-order valence-electron chi connectivity index (χ2n) is 19.0. The lowest BCUT2D eigenvalue weighted by molar-refractivity contribution is -0.384. The maximum atomic E-state index is 12.4. The van der Waals surface area contributed by atoms with Gasteiger partial charge in [-0.25, -0.2) is 32.9 Å². The van der Waals surface area contributed by atoms with E-state index in [4.69, 9.17) is 10.5 Å². The highest BCUT2D eigenvalue weighted by atomic mass is 19.4. The normalized spacial score (nSPS) is 11.9. The molecule has 0 saturated heterocycles. The molecule has 518 valence electrons. The van der Waals surface area contributed by atoms with E-state index in [-0.39, 0.29) is 53.2 Å². The first kappa shape index (κ1) is 81.6. The van der Waals surface area contributed by atoms with Gasteiger partial charge in [-0.15, -0.1) is 4.99 Å². The average Bonchev–Trinajstić information content (AvgIpc) is 1.68. The Morgan fingerprint density at radius 3 is 1.20 bits per heavy atom. The van der Waals surface area contributed by atoms with Crippen molar-refractivity contribution in [3.05, 3.63) is 114 Å². The van der Waals surface area contributed by atoms with Gasteiger partial charge in [0.2, 0.25) is 83.0 Å². The molecular weight excluding hydrogens is 1300 g/mol. The van der Waals surface area contributed by atoms with E-state index in [1.54, 1.807) is 77.0 Å². The van der Waals surface area contributed by atoms with E-state index in [0.717, 1.165) is 43.2 Å². The number of aliphatic imine (C=N–C) groups is 6. The van der Waals surface area contributed by atoms with Gasteiger partial charge in [0.15, 0.2) is 0 Å². The number of rotatable bonds is 1. The van der Waals surface area contributed by atoms with Crippen molar-refractivity contribution < 1.29 is 83.9 Å². The monoisotopic (exact) mass is 1360 g/mol. The number of hydrogen-bond acceptors (Lipinski definition) is 20. The standard InChI is InChI=1S/C11H13F3N4O3.C10H11F3N4O2.C9H11N5O4.C9H12N4O2.C8H10N4O2.C5H8N4/c1-10(2,3)21-9(20)17-8(18-6-4-5-15-18)16-7(19)11(12,13)14;1-6(18)15-9(16(3)7(2)19)17-5-8(4-14-17)10(11,12)13;1-6(15)11-9(12(3)7(2)16)13-5-8(4-10-13)14(17)18;1-7(14)11-9(12(3)8(2)15)13-6-4-5-10-13;1-6(13)10-8(11-7(2)14)12-5-3-4-9-12;1-7-5(6)9-4-2-3-8-9/h4-6H,1-3H3,(H,16,17,19,20);4-5H,1-3H3;4-5H,1-3H3;4-6H,1-3H3;3-5H,1-2H3,(H,10,11,13,14);2-4H,1H3,(H2,6,7). The lowest BCUT2D eigenvalue weighted by atomic mass is 10.2. The van der Waals surface area contributed by atoms with Crippen molar-refractivity contribution in [2.75, 3.05) is 28.2 Å². The Morgan fingerprint density at radius 2 is 0.896 bits per heavy atom. The smallest absolute Gasteiger partial charge is 0.442 e. The molecule has 6 aromatic rings. The van der Waals surface area contributed by atoms with E-state index in [1.165, 1.54) is 119 Å². The van der Waals surface area contributed by atoms with Crippen molar-refractivity contribution in [1.82, 2.24) is 84.0 Å². The van der Waals surface area contributed by atoms with E-state index < -0.39 is 70.0 Å². The maximum absolute atomic E-state index is 12.4. The summed E-state index contributed by atoms with van der Waals surface area (Å²) in [5, 5.41) is 36.7. The first-order valence-electron chi connectivity index (χ1n) is 26.5. The molecule has 0 spiro atoms. The number of ether oxygens (including phenoxy) is 1. The molecule has 44 heteroatoms. The largest absolute Gasteiger partial charge is 0.471 e. The molecule has 0 aliphatic carbocycles. The van der Waals surface area contributed by atoms with Crippen LogP contribution in [-0.2, 0) is 54.1 Å². The van der Waals surface area contributed by atoms with Crippen molar-refractivity contribution >= 4 is 101 Å². The van der Waals surface area contributed by atoms with E-state index in [2.05, 4.69) is 65.9 Å². The zero-order chi connectivity index (χ0) is 73.6. The molecule has 6 rings (SSSR count). The summed E-state index contributed by atoms with van der Waals surface area (Å²) in [6, 6.07) is 6.52. The van der Waals surface area contributed by atoms with Gasteiger partial charge in [0.05, 0.1) is 16.7 Å². The zero-order valence-electron chi connectivity index (χ0n) is 53.7. The summed E-state index contributed by atoms with van der Waals surface area (Å²) in [6.45, 7) is 14.8. The van der Waals surface area contributed by atoms with Crippen molar-refractivity contribution in [2.24, 2.45) is 35.7 Å². The number of nitro groups is 1. The molecule has 10 amide bonds. The molecule has 0 bridgehead atoms. The Labute approximate surface area is 539 Å². The van der Waals surface area contributed by atoms with Crippen LogP contribution >= 0.6 is 0 Å². The molecule has 6 heterocycles. The minimum Gasteiger partial charge on any atom is -0.442 e. The summed E-state index contributed by atoms with van der Waals surface area (Å²) in [7, 11) is 5.82. The third kappa shape index (κ3) is 30.1. The second kappa shape index (κ2) is 37.8. The summed E-state index contributed by atoms with van der Waals surface area (Å²) >= 11 is 0. The minimum absolute atomic E-state index is 0.0944. The van der Waals surface area contributed by atoms with Crippen molar-refractivity contribution in [1.29, 1.82) is 0 Å². The van der Waals surface area contributed by atoms with Gasteiger partial charge in [0, 0.05) is 139 Å². The van der Waals surface area contributed by atoms with Crippen LogP contribution in [0.25, 0.3) is 0 Å². The molecule has 0 saturated carbocycles. The van der Waals surface area contributed by atoms with Crippen LogP contribution in [0, 0.1) is 10.1 Å². The molecular formula is C52H65F6N25O13. The molecule has 0 atom stereocenters. The summed E-state index contributed by atoms with van der Waals surface area (Å²) in [5.41, 5.74) is 3.24. The van der Waals surface area contributed by atoms with Crippen LogP contribution in [0.3, 0.4) is 0 Å². The highest BCUT2D eigenvalue weighted by Gasteiger charge is 2.40. The Morgan fingerprint density at radius 1 is 0.531 bits per heavy atom. The molecule has 0 aliphatic heterocycles. The van der Waals surface area contributed by atoms with E-state index in [1.807, 2.05) is 0 Å². The molecule has 0 aliphatic rings. The number of halogens is 6. The van der Waals surface area contributed by atoms with Gasteiger partial charge in [0.1, 0.15) is 18.0 Å². The third-order valence-electron chi connectivity index (χ3n) is 9.93. The van der Waals surface area contributed by atoms with Gasteiger partial charge in [-0.2, -0.15) is 76.9 Å². The predicted octanol–water partition coefficient (Wildman–Crippen LogP) is 2.41. The van der Waals surface area contributed by atoms with Crippen LogP contribution in [-0.4, -0.2) is 213 Å². The summed E-state index contributed by atoms with van der Waals surface area (Å²) < 4.78 is 85.6. The van der Waals surface area contributed by atoms with Gasteiger partial charge in [0.25, 0.3) is 0 Å². The highest BCUT2D eigenvalue weighted by Crippen LogP contribution is 2.28. The number of amides is 10. The number of nitrogens with one attached hydrogen (secondary N) is 2. The number of carbonyl (C=O) groups is 10. The van der Waals surface area contributed by atoms with Gasteiger partial charge in [-0.1, -0.05) is 0 Å². The molecule has 0 fully saturated rings. The Hall–Kier alpha value is -12.4. The number of alkyl halides is 6. The van der Waals surface area contributed by atoms with E-state index >= 15 is 0 Å². The average molecular weight is 1360 g/mol. The van der Waals surface area contributed by atoms with Crippen molar-refractivity contribution in [2.45, 2.75) is 94.1 Å². The molecule has 0 radical (unpaired) electrons. The highest BCUT2D eigenvalue weighted by molar-refractivity contribution is 6.05. The van der Waals surface area contributed by atoms with Crippen LogP contribution in [0.2, 0.25) is 0 Å². The summed E-state index contributed by atoms with van der Waals surface area (Å²) in [5.74, 6) is -6.06. The molecule has 0 unspecified atom stereocenters. The topological polar surface area (TPSA) is 464 Å². The molecule has 0 aromatic carbocycles. The Balaban J connectivity index is 0.000000584. The lowest BCUT2D eigenvalue weighted by Crippen LogP contribution is -2.44. The fraction of sp³-hybridized carbons (Fsp3) is 0.346. The van der Waals surface area contributed by atoms with Gasteiger partial charge in [-0.3, -0.25) is 83.6 Å². The minimum atomic E-state index is -5.12. The van der Waals surface area contributed by atoms with Crippen molar-refractivity contribution in [3.63, 3.8) is 0 Å². The van der Waals surface area contributed by atoms with Gasteiger partial charge < -0.3 is 10.5 Å². The first-order chi connectivity index (χ1) is 44.4. The molecule has 38 nitrogen and oxygen atoms in total. The van der Waals surface area contributed by atoms with E-state index in [9.17, 15) is 84.4 Å². The van der Waals surface area contributed by atoms with Gasteiger partial charge in [-0.05, 0) is 45.0 Å². The predicted molar refractivity (Wildman–Crippen MR) is 324 cm³/mol. The van der Waals surface area contributed by atoms with Crippen LogP contribution in [0.15, 0.2) is 129 Å². The molecule has 6 aromatic heterocycles. The summed E-state index contributed by atoms with van der Waals surface area (Å²) in [4.78, 5) is 145. The number of hydrogen-bond donors (Lipinski definition) is 3. The fourth-order valence-corrected chi connectivity index (χ4v) is 5.59. The second-order valence-corrected chi connectivity index (χ2v) is 19.0. The number of nitrogens with zero attached hydrogens (tertiary/aromatic N) is 22. The third-order valence-corrected chi connectivity index (χ3v) is 9.93. The van der Waals surface area contributed by atoms with Crippen LogP contribution < -0.4 is 16.4 Å². The Bertz CT molecular complexity index is 3840.